The van der Waals surface area contributed by atoms with Gasteiger partial charge in [0, 0.05) is 16.2 Å². The summed E-state index contributed by atoms with van der Waals surface area (Å²) >= 11 is 0. The fraction of sp³-hybridized carbons (Fsp3) is 0.875. The van der Waals surface area contributed by atoms with Gasteiger partial charge in [-0.25, -0.2) is 28.1 Å². The molecule has 1 aromatic heterocycles. The number of hydrogen-bond donors (Lipinski definition) is 0. The van der Waals surface area contributed by atoms with E-state index in [9.17, 15) is 14.4 Å². The summed E-state index contributed by atoms with van der Waals surface area (Å²) in [5.41, 5.74) is -2.10. The highest BCUT2D eigenvalue weighted by molar-refractivity contribution is 4.83. The van der Waals surface area contributed by atoms with Crippen molar-refractivity contribution in [1.29, 1.82) is 0 Å². The molecule has 0 atom stereocenters. The molecule has 0 radical (unpaired) electrons. The molecule has 0 unspecified atom stereocenters. The number of rotatable bonds is 15. The molecule has 12 heteroatoms. The maximum atomic E-state index is 13.1. The van der Waals surface area contributed by atoms with E-state index in [4.69, 9.17) is 28.4 Å². The first-order valence-electron chi connectivity index (χ1n) is 12.5. The molecule has 3 aliphatic rings. The van der Waals surface area contributed by atoms with Gasteiger partial charge < -0.3 is 28.4 Å². The third kappa shape index (κ3) is 6.35. The zero-order chi connectivity index (χ0) is 25.8. The molecule has 0 bridgehead atoms. The van der Waals surface area contributed by atoms with E-state index in [1.807, 2.05) is 0 Å². The number of aromatic nitrogens is 3. The predicted molar refractivity (Wildman–Crippen MR) is 128 cm³/mol. The van der Waals surface area contributed by atoms with E-state index >= 15 is 0 Å². The van der Waals surface area contributed by atoms with Gasteiger partial charge >= 0.3 is 17.1 Å². The van der Waals surface area contributed by atoms with Crippen molar-refractivity contribution >= 4 is 0 Å². The lowest BCUT2D eigenvalue weighted by molar-refractivity contribution is -0.138. The molecule has 4 rings (SSSR count). The summed E-state index contributed by atoms with van der Waals surface area (Å²) in [5, 5.41) is 0. The molecule has 4 heterocycles. The van der Waals surface area contributed by atoms with Crippen LogP contribution in [0.5, 0.6) is 0 Å². The Morgan fingerprint density at radius 1 is 0.556 bits per heavy atom. The van der Waals surface area contributed by atoms with Crippen molar-refractivity contribution < 1.29 is 28.4 Å². The van der Waals surface area contributed by atoms with Crippen molar-refractivity contribution in [2.75, 3.05) is 79.3 Å². The summed E-state index contributed by atoms with van der Waals surface area (Å²) in [4.78, 5) is 39.3. The van der Waals surface area contributed by atoms with E-state index in [1.54, 1.807) is 0 Å². The Bertz CT molecular complexity index is 900. The molecule has 3 aliphatic heterocycles. The minimum absolute atomic E-state index is 0.0388. The van der Waals surface area contributed by atoms with E-state index in [0.717, 1.165) is 13.7 Å². The van der Waals surface area contributed by atoms with Crippen molar-refractivity contribution in [3.05, 3.63) is 31.5 Å². The molecule has 12 nitrogen and oxygen atoms in total. The summed E-state index contributed by atoms with van der Waals surface area (Å²) < 4.78 is 36.0. The lowest BCUT2D eigenvalue weighted by atomic mass is 9.90. The van der Waals surface area contributed by atoms with E-state index < -0.39 is 17.1 Å². The first kappa shape index (κ1) is 27.2. The van der Waals surface area contributed by atoms with Crippen molar-refractivity contribution in [3.8, 4) is 0 Å². The van der Waals surface area contributed by atoms with Crippen LogP contribution in [0.4, 0.5) is 0 Å². The Hall–Kier alpha value is -1.83. The number of ether oxygens (including phenoxy) is 6. The van der Waals surface area contributed by atoms with Gasteiger partial charge in [-0.2, -0.15) is 0 Å². The normalized spacial score (nSPS) is 21.4. The van der Waals surface area contributed by atoms with E-state index in [1.165, 1.54) is 0 Å². The van der Waals surface area contributed by atoms with Crippen LogP contribution in [0.2, 0.25) is 0 Å². The molecule has 0 aliphatic carbocycles. The topological polar surface area (TPSA) is 121 Å². The Morgan fingerprint density at radius 2 is 0.806 bits per heavy atom. The lowest BCUT2D eigenvalue weighted by Crippen LogP contribution is -2.55. The van der Waals surface area contributed by atoms with Crippen molar-refractivity contribution in [3.63, 3.8) is 0 Å². The highest BCUT2D eigenvalue weighted by atomic mass is 16.5. The molecule has 0 spiro atoms. The summed E-state index contributed by atoms with van der Waals surface area (Å²) in [7, 11) is 0. The Morgan fingerprint density at radius 3 is 1.00 bits per heavy atom. The molecular weight excluding hydrogens is 474 g/mol. The average molecular weight is 514 g/mol. The van der Waals surface area contributed by atoms with Crippen molar-refractivity contribution in [2.24, 2.45) is 16.2 Å². The molecular formula is C24H39N3O9. The first-order chi connectivity index (χ1) is 17.1. The van der Waals surface area contributed by atoms with Gasteiger partial charge in [-0.1, -0.05) is 20.8 Å². The van der Waals surface area contributed by atoms with E-state index in [0.29, 0.717) is 59.5 Å². The fourth-order valence-corrected chi connectivity index (χ4v) is 4.28. The SMILES string of the molecule is CC1(COCCn2c(=O)n(CCOCC3(C)COC3)c(=O)n(CCOCC3(C)COC3)c2=O)COC1. The number of nitrogens with zero attached hydrogens (tertiary/aromatic N) is 3. The van der Waals surface area contributed by atoms with Crippen LogP contribution in [0.1, 0.15) is 20.8 Å². The molecule has 0 amide bonds. The van der Waals surface area contributed by atoms with Crippen LogP contribution < -0.4 is 17.1 Å². The second-order valence-corrected chi connectivity index (χ2v) is 11.4. The zero-order valence-corrected chi connectivity index (χ0v) is 21.6. The summed E-state index contributed by atoms with van der Waals surface area (Å²) in [6, 6.07) is 0. The summed E-state index contributed by atoms with van der Waals surface area (Å²) in [6.07, 6.45) is 0. The second kappa shape index (κ2) is 11.3. The quantitative estimate of drug-likeness (QED) is 0.281. The van der Waals surface area contributed by atoms with E-state index in [2.05, 4.69) is 20.8 Å². The lowest BCUT2D eigenvalue weighted by Gasteiger charge is -2.37. The molecule has 0 saturated carbocycles. The highest BCUT2D eigenvalue weighted by Crippen LogP contribution is 2.27. The Balaban J connectivity index is 1.42. The molecule has 0 aromatic carbocycles. The van der Waals surface area contributed by atoms with Crippen molar-refractivity contribution in [1.82, 2.24) is 13.7 Å². The van der Waals surface area contributed by atoms with Crippen LogP contribution in [0.25, 0.3) is 0 Å². The molecule has 1 aromatic rings. The third-order valence-electron chi connectivity index (χ3n) is 6.82. The maximum absolute atomic E-state index is 13.1. The minimum atomic E-state index is -0.662. The van der Waals surface area contributed by atoms with Crippen LogP contribution >= 0.6 is 0 Å². The molecule has 204 valence electrons. The van der Waals surface area contributed by atoms with Gasteiger partial charge in [0.2, 0.25) is 0 Å². The van der Waals surface area contributed by atoms with E-state index in [-0.39, 0.29) is 55.7 Å². The monoisotopic (exact) mass is 513 g/mol. The summed E-state index contributed by atoms with van der Waals surface area (Å²) in [6.45, 7) is 12.0. The average Bonchev–Trinajstić information content (AvgIpc) is 2.78. The molecule has 36 heavy (non-hydrogen) atoms. The van der Waals surface area contributed by atoms with Gasteiger partial charge in [0.25, 0.3) is 0 Å². The molecule has 3 saturated heterocycles. The minimum Gasteiger partial charge on any atom is -0.380 e. The van der Waals surface area contributed by atoms with Crippen LogP contribution in [-0.2, 0) is 48.1 Å². The summed E-state index contributed by atoms with van der Waals surface area (Å²) in [5.74, 6) is 0. The van der Waals surface area contributed by atoms with Gasteiger partial charge in [-0.3, -0.25) is 0 Å². The smallest absolute Gasteiger partial charge is 0.336 e. The predicted octanol–water partition coefficient (Wildman–Crippen LogP) is -0.669. The maximum Gasteiger partial charge on any atom is 0.336 e. The standard InChI is InChI=1S/C24H39N3O9/c1-22(13-34-14-22)10-31-7-4-25-19(28)26(5-8-32-11-23(2)15-35-16-23)21(30)27(20(25)29)6-9-33-12-24(3)17-36-18-24/h4-18H2,1-3H3. The van der Waals surface area contributed by atoms with Gasteiger partial charge in [-0.05, 0) is 0 Å². The van der Waals surface area contributed by atoms with Crippen LogP contribution in [0.3, 0.4) is 0 Å². The largest absolute Gasteiger partial charge is 0.380 e. The molecule has 0 N–H and O–H groups in total. The first-order valence-corrected chi connectivity index (χ1v) is 12.5. The van der Waals surface area contributed by atoms with Crippen LogP contribution in [0.15, 0.2) is 14.4 Å². The van der Waals surface area contributed by atoms with Gasteiger partial charge in [-0.15, -0.1) is 0 Å². The Labute approximate surface area is 210 Å². The van der Waals surface area contributed by atoms with Gasteiger partial charge in [0.15, 0.2) is 0 Å². The number of hydrogen-bond acceptors (Lipinski definition) is 9. The van der Waals surface area contributed by atoms with Crippen LogP contribution in [-0.4, -0.2) is 93.0 Å². The van der Waals surface area contributed by atoms with Crippen LogP contribution in [0, 0.1) is 16.2 Å². The van der Waals surface area contributed by atoms with Gasteiger partial charge in [0.05, 0.1) is 98.9 Å². The second-order valence-electron chi connectivity index (χ2n) is 11.4. The fourth-order valence-electron chi connectivity index (χ4n) is 4.28. The Kier molecular flexibility index (Phi) is 8.52. The highest BCUT2D eigenvalue weighted by Gasteiger charge is 2.35. The van der Waals surface area contributed by atoms with Crippen molar-refractivity contribution in [2.45, 2.75) is 40.4 Å². The van der Waals surface area contributed by atoms with Gasteiger partial charge in [0.1, 0.15) is 0 Å². The molecule has 3 fully saturated rings. The zero-order valence-electron chi connectivity index (χ0n) is 21.6. The third-order valence-corrected chi connectivity index (χ3v) is 6.82.